The lowest BCUT2D eigenvalue weighted by atomic mass is 10.1. The number of aliphatic hydroxyl groups is 3. The summed E-state index contributed by atoms with van der Waals surface area (Å²) in [6.07, 6.45) is 0.503. The van der Waals surface area contributed by atoms with Crippen molar-refractivity contribution in [2.45, 2.75) is 24.5 Å². The third kappa shape index (κ3) is 3.41. The van der Waals surface area contributed by atoms with E-state index < -0.39 is 36.7 Å². The van der Waals surface area contributed by atoms with Gasteiger partial charge in [-0.05, 0) is 0 Å². The molecule has 7 N–H and O–H groups in total. The molecular weight excluding hydrogens is 398 g/mol. The van der Waals surface area contributed by atoms with E-state index in [1.807, 2.05) is 0 Å². The maximum absolute atomic E-state index is 11.9. The monoisotopic (exact) mass is 419 g/mol. The molecule has 4 atom stereocenters. The van der Waals surface area contributed by atoms with Crippen LogP contribution in [0.2, 0.25) is 0 Å². The number of aromatic nitrogens is 6. The van der Waals surface area contributed by atoms with Crippen LogP contribution in [0.1, 0.15) is 0 Å². The molecule has 5 rings (SSSR count). The first-order valence-electron chi connectivity index (χ1n) is 8.99. The summed E-state index contributed by atoms with van der Waals surface area (Å²) in [6, 6.07) is 0. The standard InChI is InChI=1S/C11H17N5O5.C5H4N4/c1-15-3-16(8-5(15)9(20)14-11(12)13-8)10-7(19)6(18)4(2-17)21-10;1-4-5(8-2-6-1)9-3-7-4/h4,6-7,10,17-19H,2-3H2,1H3,(H3,12,13,14,20);1-3H,(H,6,7,8,9)/t4-,6-,7-,10-;/m1./s1. The Morgan fingerprint density at radius 1 is 1.33 bits per heavy atom. The Morgan fingerprint density at radius 2 is 2.13 bits per heavy atom. The number of nitrogens with zero attached hydrogens (tertiary/aromatic N) is 6. The fraction of sp³-hybridized carbons (Fsp3) is 0.438. The first kappa shape index (κ1) is 20.0. The molecular formula is C16H21N9O5. The normalized spacial score (nSPS) is 25.3. The molecule has 160 valence electrons. The largest absolute Gasteiger partial charge is 0.394 e. The van der Waals surface area contributed by atoms with Crippen LogP contribution in [-0.4, -0.2) is 90.1 Å². The molecule has 0 amide bonds. The van der Waals surface area contributed by atoms with Crippen LogP contribution in [-0.2, 0) is 4.74 Å². The number of anilines is 3. The molecule has 2 aliphatic rings. The van der Waals surface area contributed by atoms with Gasteiger partial charge >= 0.3 is 0 Å². The number of aromatic amines is 2. The number of aliphatic hydroxyl groups excluding tert-OH is 3. The summed E-state index contributed by atoms with van der Waals surface area (Å²) in [6.45, 7) is -0.183. The molecule has 1 saturated heterocycles. The van der Waals surface area contributed by atoms with E-state index >= 15 is 0 Å². The molecule has 3 aromatic rings. The predicted molar refractivity (Wildman–Crippen MR) is 104 cm³/mol. The Labute approximate surface area is 169 Å². The fourth-order valence-corrected chi connectivity index (χ4v) is 3.41. The second-order valence-electron chi connectivity index (χ2n) is 6.82. The molecule has 0 bridgehead atoms. The molecule has 0 radical (unpaired) electrons. The minimum atomic E-state index is -1.23. The molecule has 0 aromatic carbocycles. The van der Waals surface area contributed by atoms with Crippen molar-refractivity contribution >= 4 is 28.6 Å². The van der Waals surface area contributed by atoms with Crippen molar-refractivity contribution < 1.29 is 20.1 Å². The Hall–Kier alpha value is -3.33. The van der Waals surface area contributed by atoms with Crippen LogP contribution >= 0.6 is 0 Å². The summed E-state index contributed by atoms with van der Waals surface area (Å²) in [5.74, 6) is 0.222. The van der Waals surface area contributed by atoms with E-state index in [9.17, 15) is 15.0 Å². The van der Waals surface area contributed by atoms with Gasteiger partial charge in [0.25, 0.3) is 5.56 Å². The van der Waals surface area contributed by atoms with E-state index in [0.717, 1.165) is 5.52 Å². The number of nitrogen functional groups attached to an aromatic ring is 1. The van der Waals surface area contributed by atoms with Gasteiger partial charge in [0.1, 0.15) is 35.8 Å². The van der Waals surface area contributed by atoms with Crippen LogP contribution in [0, 0.1) is 0 Å². The lowest BCUT2D eigenvalue weighted by Gasteiger charge is -2.27. The highest BCUT2D eigenvalue weighted by atomic mass is 16.6. The van der Waals surface area contributed by atoms with Gasteiger partial charge in [0.2, 0.25) is 5.95 Å². The van der Waals surface area contributed by atoms with Gasteiger partial charge in [0, 0.05) is 7.05 Å². The number of imidazole rings is 1. The summed E-state index contributed by atoms with van der Waals surface area (Å²) in [5.41, 5.74) is 7.05. The number of hydrogen-bond acceptors (Lipinski definition) is 12. The highest BCUT2D eigenvalue weighted by molar-refractivity contribution is 5.72. The lowest BCUT2D eigenvalue weighted by molar-refractivity contribution is -0.0221. The summed E-state index contributed by atoms with van der Waals surface area (Å²) in [7, 11) is 1.69. The van der Waals surface area contributed by atoms with Crippen molar-refractivity contribution in [2.75, 3.05) is 35.9 Å². The van der Waals surface area contributed by atoms with Crippen LogP contribution < -0.4 is 21.1 Å². The minimum Gasteiger partial charge on any atom is -0.394 e. The maximum Gasteiger partial charge on any atom is 0.278 e. The van der Waals surface area contributed by atoms with Gasteiger partial charge < -0.3 is 40.6 Å². The van der Waals surface area contributed by atoms with E-state index in [1.165, 1.54) is 11.2 Å². The number of ether oxygens (including phenoxy) is 1. The number of nitrogens with two attached hydrogens (primary N) is 1. The van der Waals surface area contributed by atoms with Gasteiger partial charge in [-0.3, -0.25) is 9.78 Å². The van der Waals surface area contributed by atoms with E-state index in [1.54, 1.807) is 24.5 Å². The summed E-state index contributed by atoms with van der Waals surface area (Å²) in [5, 5.41) is 29.0. The molecule has 14 heteroatoms. The SMILES string of the molecule is CN1CN([C@@H]2O[C@H](CO)[C@@H](O)[C@H]2O)c2nc(N)[nH]c(=O)c21.c1ncc2[nH]cnc2n1. The fourth-order valence-electron chi connectivity index (χ4n) is 3.41. The number of rotatable bonds is 2. The van der Waals surface area contributed by atoms with Crippen molar-refractivity contribution in [2.24, 2.45) is 0 Å². The minimum absolute atomic E-state index is 0.0502. The van der Waals surface area contributed by atoms with Crippen molar-refractivity contribution in [3.05, 3.63) is 29.2 Å². The molecule has 0 aliphatic carbocycles. The van der Waals surface area contributed by atoms with E-state index in [0.29, 0.717) is 11.3 Å². The predicted octanol–water partition coefficient (Wildman–Crippen LogP) is -2.64. The first-order chi connectivity index (χ1) is 14.4. The molecule has 3 aromatic heterocycles. The highest BCUT2D eigenvalue weighted by Gasteiger charge is 2.48. The van der Waals surface area contributed by atoms with Crippen molar-refractivity contribution in [3.63, 3.8) is 0 Å². The Kier molecular flexibility index (Phi) is 5.21. The Balaban J connectivity index is 0.000000200. The van der Waals surface area contributed by atoms with Crippen LogP contribution in [0.5, 0.6) is 0 Å². The molecule has 0 spiro atoms. The maximum atomic E-state index is 11.9. The van der Waals surface area contributed by atoms with Crippen LogP contribution in [0.4, 0.5) is 17.5 Å². The van der Waals surface area contributed by atoms with E-state index in [-0.39, 0.29) is 18.4 Å². The van der Waals surface area contributed by atoms with Crippen molar-refractivity contribution in [3.8, 4) is 0 Å². The summed E-state index contributed by atoms with van der Waals surface area (Å²) < 4.78 is 5.46. The molecule has 14 nitrogen and oxygen atoms in total. The number of hydrogen-bond donors (Lipinski definition) is 6. The second-order valence-corrected chi connectivity index (χ2v) is 6.82. The zero-order valence-corrected chi connectivity index (χ0v) is 15.9. The molecule has 2 aliphatic heterocycles. The van der Waals surface area contributed by atoms with Gasteiger partial charge in [-0.15, -0.1) is 0 Å². The van der Waals surface area contributed by atoms with Crippen LogP contribution in [0.25, 0.3) is 11.2 Å². The summed E-state index contributed by atoms with van der Waals surface area (Å²) in [4.78, 5) is 36.1. The molecule has 5 heterocycles. The van der Waals surface area contributed by atoms with Gasteiger partial charge in [-0.1, -0.05) is 0 Å². The first-order valence-corrected chi connectivity index (χ1v) is 8.99. The Bertz CT molecular complexity index is 1060. The van der Waals surface area contributed by atoms with Gasteiger partial charge in [0.05, 0.1) is 25.8 Å². The number of H-pyrrole nitrogens is 2. The topological polar surface area (TPSA) is 203 Å². The summed E-state index contributed by atoms with van der Waals surface area (Å²) >= 11 is 0. The van der Waals surface area contributed by atoms with Gasteiger partial charge in [-0.25, -0.2) is 15.0 Å². The second kappa shape index (κ2) is 7.83. The van der Waals surface area contributed by atoms with E-state index in [2.05, 4.69) is 29.9 Å². The Morgan fingerprint density at radius 3 is 2.83 bits per heavy atom. The smallest absolute Gasteiger partial charge is 0.278 e. The zero-order valence-electron chi connectivity index (χ0n) is 15.9. The van der Waals surface area contributed by atoms with Gasteiger partial charge in [-0.2, -0.15) is 4.98 Å². The molecule has 1 fully saturated rings. The van der Waals surface area contributed by atoms with Gasteiger partial charge in [0.15, 0.2) is 17.7 Å². The van der Waals surface area contributed by atoms with Crippen LogP contribution in [0.3, 0.4) is 0 Å². The molecule has 0 saturated carbocycles. The average Bonchev–Trinajstić information content (AvgIpc) is 3.40. The third-order valence-corrected chi connectivity index (χ3v) is 4.84. The number of nitrogens with one attached hydrogen (secondary N) is 2. The van der Waals surface area contributed by atoms with Crippen LogP contribution in [0.15, 0.2) is 23.6 Å². The highest BCUT2D eigenvalue weighted by Crippen LogP contribution is 2.35. The average molecular weight is 419 g/mol. The molecule has 0 unspecified atom stereocenters. The van der Waals surface area contributed by atoms with Crippen molar-refractivity contribution in [1.29, 1.82) is 0 Å². The van der Waals surface area contributed by atoms with E-state index in [4.69, 9.17) is 15.6 Å². The van der Waals surface area contributed by atoms with Crippen molar-refractivity contribution in [1.82, 2.24) is 29.9 Å². The quantitative estimate of drug-likeness (QED) is 0.252. The lowest BCUT2D eigenvalue weighted by Crippen LogP contribution is -2.45. The third-order valence-electron chi connectivity index (χ3n) is 4.84. The zero-order chi connectivity index (χ0) is 21.4. The number of fused-ring (bicyclic) bond motifs is 2. The molecule has 30 heavy (non-hydrogen) atoms.